The van der Waals surface area contributed by atoms with Gasteiger partial charge in [0, 0.05) is 6.07 Å². The summed E-state index contributed by atoms with van der Waals surface area (Å²) in [5.41, 5.74) is -0.261. The first-order valence-corrected chi connectivity index (χ1v) is 3.94. The maximum absolute atomic E-state index is 10.6. The minimum absolute atomic E-state index is 0.132. The number of hydrogen-bond donors (Lipinski definition) is 3. The Labute approximate surface area is 79.4 Å². The van der Waals surface area contributed by atoms with Gasteiger partial charge in [0.05, 0.1) is 24.3 Å². The Hall–Kier alpha value is -1.71. The quantitative estimate of drug-likeness (QED) is 0.577. The number of aliphatic hydroxyl groups is 2. The van der Waals surface area contributed by atoms with Crippen LogP contribution < -0.4 is 5.56 Å². The van der Waals surface area contributed by atoms with Gasteiger partial charge in [0.25, 0.3) is 5.56 Å². The summed E-state index contributed by atoms with van der Waals surface area (Å²) in [5.74, 6) is 0. The molecule has 3 N–H and O–H groups in total. The molecule has 0 amide bonds. The van der Waals surface area contributed by atoms with E-state index in [0.717, 1.165) is 0 Å². The molecule has 2 unspecified atom stereocenters. The highest BCUT2D eigenvalue weighted by molar-refractivity contribution is 5.05. The van der Waals surface area contributed by atoms with Crippen molar-refractivity contribution in [3.8, 4) is 6.07 Å². The minimum atomic E-state index is -1.26. The third-order valence-electron chi connectivity index (χ3n) is 1.67. The van der Waals surface area contributed by atoms with Gasteiger partial charge in [-0.3, -0.25) is 4.79 Å². The van der Waals surface area contributed by atoms with Crippen molar-refractivity contribution in [3.05, 3.63) is 28.2 Å². The average Bonchev–Trinajstić information content (AvgIpc) is 2.18. The van der Waals surface area contributed by atoms with E-state index in [0.29, 0.717) is 0 Å². The molecule has 14 heavy (non-hydrogen) atoms. The first-order valence-electron chi connectivity index (χ1n) is 3.94. The molecule has 6 nitrogen and oxygen atoms in total. The lowest BCUT2D eigenvalue weighted by molar-refractivity contribution is 0.0184. The zero-order valence-corrected chi connectivity index (χ0v) is 7.21. The highest BCUT2D eigenvalue weighted by Crippen LogP contribution is 2.14. The molecule has 1 aromatic rings. The van der Waals surface area contributed by atoms with Crippen LogP contribution in [0.25, 0.3) is 0 Å². The van der Waals surface area contributed by atoms with Crippen molar-refractivity contribution in [2.75, 3.05) is 0 Å². The fourth-order valence-corrected chi connectivity index (χ4v) is 0.922. The zero-order chi connectivity index (χ0) is 10.6. The van der Waals surface area contributed by atoms with Crippen LogP contribution in [-0.2, 0) is 0 Å². The molecule has 1 rings (SSSR count). The maximum Gasteiger partial charge on any atom is 0.264 e. The molecule has 6 heteroatoms. The highest BCUT2D eigenvalue weighted by Gasteiger charge is 2.19. The maximum atomic E-state index is 10.6. The molecule has 74 valence electrons. The van der Waals surface area contributed by atoms with Gasteiger partial charge in [-0.25, -0.2) is 5.10 Å². The van der Waals surface area contributed by atoms with Crippen LogP contribution in [0.4, 0.5) is 0 Å². The molecular weight excluding hydrogens is 186 g/mol. The number of aromatic nitrogens is 2. The smallest absolute Gasteiger partial charge is 0.264 e. The van der Waals surface area contributed by atoms with Crippen LogP contribution >= 0.6 is 0 Å². The van der Waals surface area contributed by atoms with Crippen molar-refractivity contribution < 1.29 is 10.2 Å². The molecule has 1 aromatic heterocycles. The lowest BCUT2D eigenvalue weighted by atomic mass is 10.1. The van der Waals surface area contributed by atoms with Crippen LogP contribution in [0.1, 0.15) is 18.2 Å². The molecule has 1 heterocycles. The number of H-pyrrole nitrogens is 1. The van der Waals surface area contributed by atoms with Crippen molar-refractivity contribution in [2.45, 2.75) is 18.6 Å². The monoisotopic (exact) mass is 195 g/mol. The van der Waals surface area contributed by atoms with Gasteiger partial charge in [0.2, 0.25) is 0 Å². The molecule has 0 aliphatic heterocycles. The van der Waals surface area contributed by atoms with Gasteiger partial charge < -0.3 is 10.2 Å². The van der Waals surface area contributed by atoms with Crippen molar-refractivity contribution in [3.63, 3.8) is 0 Å². The molecule has 0 saturated heterocycles. The number of nitriles is 1. The van der Waals surface area contributed by atoms with E-state index in [9.17, 15) is 15.0 Å². The fraction of sp³-hybridized carbons (Fsp3) is 0.375. The molecule has 0 radical (unpaired) electrons. The third-order valence-corrected chi connectivity index (χ3v) is 1.67. The van der Waals surface area contributed by atoms with Gasteiger partial charge in [-0.1, -0.05) is 0 Å². The largest absolute Gasteiger partial charge is 0.389 e. The minimum Gasteiger partial charge on any atom is -0.389 e. The number of aliphatic hydroxyl groups excluding tert-OH is 2. The third kappa shape index (κ3) is 2.39. The van der Waals surface area contributed by atoms with E-state index in [1.54, 1.807) is 6.07 Å². The molecule has 2 atom stereocenters. The van der Waals surface area contributed by atoms with Crippen LogP contribution in [-0.4, -0.2) is 26.5 Å². The number of rotatable bonds is 3. The van der Waals surface area contributed by atoms with E-state index in [4.69, 9.17) is 5.26 Å². The van der Waals surface area contributed by atoms with Gasteiger partial charge in [-0.15, -0.1) is 0 Å². The molecule has 0 saturated carbocycles. The number of nitrogens with zero attached hydrogens (tertiary/aromatic N) is 2. The van der Waals surface area contributed by atoms with Gasteiger partial charge in [-0.2, -0.15) is 10.4 Å². The average molecular weight is 195 g/mol. The Morgan fingerprint density at radius 1 is 1.57 bits per heavy atom. The molecule has 0 bridgehead atoms. The first-order chi connectivity index (χ1) is 6.65. The number of aromatic amines is 1. The summed E-state index contributed by atoms with van der Waals surface area (Å²) in [7, 11) is 0. The highest BCUT2D eigenvalue weighted by atomic mass is 16.3. The molecule has 0 fully saturated rings. The topological polar surface area (TPSA) is 110 Å². The van der Waals surface area contributed by atoms with E-state index in [1.807, 2.05) is 0 Å². The van der Waals surface area contributed by atoms with Crippen LogP contribution in [0.15, 0.2) is 16.9 Å². The van der Waals surface area contributed by atoms with Crippen LogP contribution in [0, 0.1) is 11.3 Å². The Balaban J connectivity index is 2.79. The van der Waals surface area contributed by atoms with E-state index >= 15 is 0 Å². The lowest BCUT2D eigenvalue weighted by Gasteiger charge is -2.13. The van der Waals surface area contributed by atoms with Crippen LogP contribution in [0.2, 0.25) is 0 Å². The standard InChI is InChI=1S/C8H9N3O3/c9-4-3-6(12)8(14)5-1-2-7(13)11-10-5/h1-2,6,8,12,14H,3H2,(H,11,13). The summed E-state index contributed by atoms with van der Waals surface area (Å²) in [6.07, 6.45) is -2.65. The Kier molecular flexibility index (Phi) is 3.34. The van der Waals surface area contributed by atoms with Crippen LogP contribution in [0.3, 0.4) is 0 Å². The predicted molar refractivity (Wildman–Crippen MR) is 46.1 cm³/mol. The van der Waals surface area contributed by atoms with Gasteiger partial charge in [-0.05, 0) is 6.07 Å². The summed E-state index contributed by atoms with van der Waals surface area (Å²) in [6, 6.07) is 4.20. The zero-order valence-electron chi connectivity index (χ0n) is 7.21. The normalized spacial score (nSPS) is 14.4. The van der Waals surface area contributed by atoms with Gasteiger partial charge in [0.1, 0.15) is 6.10 Å². The molecular formula is C8H9N3O3. The SMILES string of the molecule is N#CCC(O)C(O)c1ccc(=O)[nH]n1. The lowest BCUT2D eigenvalue weighted by Crippen LogP contribution is -2.20. The molecule has 0 aromatic carbocycles. The van der Waals surface area contributed by atoms with Gasteiger partial charge in [0.15, 0.2) is 0 Å². The van der Waals surface area contributed by atoms with Gasteiger partial charge >= 0.3 is 0 Å². The van der Waals surface area contributed by atoms with Crippen molar-refractivity contribution in [1.82, 2.24) is 10.2 Å². The van der Waals surface area contributed by atoms with Crippen molar-refractivity contribution >= 4 is 0 Å². The van der Waals surface area contributed by atoms with E-state index in [1.165, 1.54) is 12.1 Å². The summed E-state index contributed by atoms with van der Waals surface area (Å²) in [5, 5.41) is 32.6. The van der Waals surface area contributed by atoms with E-state index in [-0.39, 0.29) is 12.1 Å². The van der Waals surface area contributed by atoms with Crippen LogP contribution in [0.5, 0.6) is 0 Å². The first kappa shape index (κ1) is 10.4. The Morgan fingerprint density at radius 3 is 2.79 bits per heavy atom. The number of nitrogens with one attached hydrogen (secondary N) is 1. The Bertz CT molecular complexity index is 375. The fourth-order valence-electron chi connectivity index (χ4n) is 0.922. The number of hydrogen-bond acceptors (Lipinski definition) is 5. The van der Waals surface area contributed by atoms with Crippen molar-refractivity contribution in [1.29, 1.82) is 5.26 Å². The summed E-state index contributed by atoms with van der Waals surface area (Å²) in [4.78, 5) is 10.6. The second kappa shape index (κ2) is 4.50. The Morgan fingerprint density at radius 2 is 2.29 bits per heavy atom. The second-order valence-electron chi connectivity index (χ2n) is 2.72. The van der Waals surface area contributed by atoms with E-state index in [2.05, 4.69) is 10.2 Å². The van der Waals surface area contributed by atoms with Crippen molar-refractivity contribution in [2.24, 2.45) is 0 Å². The molecule has 0 spiro atoms. The summed E-state index contributed by atoms with van der Waals surface area (Å²) in [6.45, 7) is 0. The molecule has 0 aliphatic rings. The van der Waals surface area contributed by atoms with E-state index < -0.39 is 17.8 Å². The summed E-state index contributed by atoms with van der Waals surface area (Å²) >= 11 is 0. The predicted octanol–water partition coefficient (Wildman–Crippen LogP) is -0.922. The molecule has 0 aliphatic carbocycles. The second-order valence-corrected chi connectivity index (χ2v) is 2.72. The summed E-state index contributed by atoms with van der Waals surface area (Å²) < 4.78 is 0.